The summed E-state index contributed by atoms with van der Waals surface area (Å²) in [6.07, 6.45) is 3.05. The summed E-state index contributed by atoms with van der Waals surface area (Å²) in [5.41, 5.74) is 1.83. The molecule has 0 aliphatic carbocycles. The number of pyridine rings is 1. The van der Waals surface area contributed by atoms with Crippen molar-refractivity contribution in [2.75, 3.05) is 18.0 Å². The number of rotatable bonds is 1. The monoisotopic (exact) mass is 215 g/mol. The minimum atomic E-state index is 0.602. The second-order valence-electron chi connectivity index (χ2n) is 4.62. The topological polar surface area (TPSA) is 41.3 Å². The van der Waals surface area contributed by atoms with E-state index in [9.17, 15) is 0 Å². The van der Waals surface area contributed by atoms with Gasteiger partial charge < -0.3 is 14.6 Å². The molecule has 4 rings (SSSR count). The molecule has 2 fully saturated rings. The molecule has 0 spiro atoms. The van der Waals surface area contributed by atoms with Crippen LogP contribution in [0.15, 0.2) is 28.8 Å². The maximum absolute atomic E-state index is 5.84. The Kier molecular flexibility index (Phi) is 1.60. The first kappa shape index (κ1) is 8.58. The fraction of sp³-hybridized carbons (Fsp3) is 0.417. The van der Waals surface area contributed by atoms with E-state index in [2.05, 4.69) is 21.3 Å². The van der Waals surface area contributed by atoms with Crippen LogP contribution < -0.4 is 10.2 Å². The van der Waals surface area contributed by atoms with Crippen molar-refractivity contribution in [2.24, 2.45) is 0 Å². The molecule has 16 heavy (non-hydrogen) atoms. The minimum absolute atomic E-state index is 0.602. The lowest BCUT2D eigenvalue weighted by Gasteiger charge is -2.26. The molecule has 0 radical (unpaired) electrons. The molecule has 4 nitrogen and oxygen atoms in total. The van der Waals surface area contributed by atoms with Gasteiger partial charge in [-0.25, -0.2) is 0 Å². The van der Waals surface area contributed by atoms with Crippen molar-refractivity contribution in [1.82, 2.24) is 10.3 Å². The van der Waals surface area contributed by atoms with Crippen LogP contribution in [0.1, 0.15) is 6.42 Å². The van der Waals surface area contributed by atoms with E-state index < -0.39 is 0 Å². The Morgan fingerprint density at radius 1 is 1.50 bits per heavy atom. The molecule has 2 aromatic heterocycles. The highest BCUT2D eigenvalue weighted by atomic mass is 16.4. The maximum atomic E-state index is 5.84. The van der Waals surface area contributed by atoms with Gasteiger partial charge in [0.25, 0.3) is 0 Å². The maximum Gasteiger partial charge on any atom is 0.198 e. The minimum Gasteiger partial charge on any atom is -0.439 e. The van der Waals surface area contributed by atoms with E-state index in [4.69, 9.17) is 4.42 Å². The highest BCUT2D eigenvalue weighted by Crippen LogP contribution is 2.32. The predicted octanol–water partition coefficient (Wildman–Crippen LogP) is 1.38. The van der Waals surface area contributed by atoms with Crippen molar-refractivity contribution >= 4 is 17.0 Å². The quantitative estimate of drug-likeness (QED) is 0.780. The highest BCUT2D eigenvalue weighted by Gasteiger charge is 2.38. The van der Waals surface area contributed by atoms with Gasteiger partial charge >= 0.3 is 0 Å². The van der Waals surface area contributed by atoms with Gasteiger partial charge in [-0.3, -0.25) is 4.98 Å². The predicted molar refractivity (Wildman–Crippen MR) is 61.6 cm³/mol. The summed E-state index contributed by atoms with van der Waals surface area (Å²) < 4.78 is 5.84. The number of furan rings is 1. The third kappa shape index (κ3) is 1.10. The van der Waals surface area contributed by atoms with Gasteiger partial charge in [0, 0.05) is 37.4 Å². The lowest BCUT2D eigenvalue weighted by Crippen LogP contribution is -2.43. The average molecular weight is 215 g/mol. The molecule has 2 aliphatic heterocycles. The molecule has 2 saturated heterocycles. The summed E-state index contributed by atoms with van der Waals surface area (Å²) >= 11 is 0. The van der Waals surface area contributed by atoms with Gasteiger partial charge in [0.2, 0.25) is 0 Å². The summed E-state index contributed by atoms with van der Waals surface area (Å²) in [6, 6.07) is 7.18. The molecule has 0 aromatic carbocycles. The first-order valence-electron chi connectivity index (χ1n) is 5.75. The SMILES string of the molecule is c1cnc2cc(N3C[C@@H]4C[C@H]3CN4)oc2c1. The first-order chi connectivity index (χ1) is 7.90. The summed E-state index contributed by atoms with van der Waals surface area (Å²) in [6.45, 7) is 2.14. The molecule has 0 amide bonds. The third-order valence-corrected chi connectivity index (χ3v) is 3.61. The standard InChI is InChI=1S/C12H13N3O/c1-2-11-10(13-3-1)5-12(16-11)15-7-8-4-9(15)6-14-8/h1-3,5,8-9,14H,4,6-7H2/t8-,9-/m0/s1. The van der Waals surface area contributed by atoms with Gasteiger partial charge in [0.05, 0.1) is 0 Å². The molecule has 2 bridgehead atoms. The average Bonchev–Trinajstić information content (AvgIpc) is 3.02. The summed E-state index contributed by atoms with van der Waals surface area (Å²) in [4.78, 5) is 6.66. The Hall–Kier alpha value is -1.55. The van der Waals surface area contributed by atoms with Crippen molar-refractivity contribution < 1.29 is 4.42 Å². The summed E-state index contributed by atoms with van der Waals surface area (Å²) in [5.74, 6) is 0.975. The van der Waals surface area contributed by atoms with Gasteiger partial charge in [-0.1, -0.05) is 0 Å². The number of hydrogen-bond donors (Lipinski definition) is 1. The van der Waals surface area contributed by atoms with E-state index in [1.165, 1.54) is 6.42 Å². The fourth-order valence-electron chi connectivity index (χ4n) is 2.83. The second kappa shape index (κ2) is 2.98. The van der Waals surface area contributed by atoms with Gasteiger partial charge in [-0.05, 0) is 18.6 Å². The first-order valence-corrected chi connectivity index (χ1v) is 5.75. The zero-order chi connectivity index (χ0) is 10.5. The number of hydrogen-bond acceptors (Lipinski definition) is 4. The van der Waals surface area contributed by atoms with Crippen molar-refractivity contribution in [2.45, 2.75) is 18.5 Å². The molecule has 0 saturated carbocycles. The van der Waals surface area contributed by atoms with Crippen LogP contribution in [0.4, 0.5) is 5.88 Å². The third-order valence-electron chi connectivity index (χ3n) is 3.61. The molecule has 82 valence electrons. The zero-order valence-corrected chi connectivity index (χ0v) is 8.89. The number of aromatic nitrogens is 1. The van der Waals surface area contributed by atoms with Crippen LogP contribution in [-0.4, -0.2) is 30.2 Å². The van der Waals surface area contributed by atoms with Crippen LogP contribution in [0, 0.1) is 0 Å². The van der Waals surface area contributed by atoms with Crippen molar-refractivity contribution in [3.63, 3.8) is 0 Å². The van der Waals surface area contributed by atoms with Gasteiger partial charge in [-0.2, -0.15) is 0 Å². The zero-order valence-electron chi connectivity index (χ0n) is 8.89. The van der Waals surface area contributed by atoms with Gasteiger partial charge in [0.1, 0.15) is 5.52 Å². The number of piperazine rings is 1. The van der Waals surface area contributed by atoms with Crippen LogP contribution in [0.5, 0.6) is 0 Å². The number of fused-ring (bicyclic) bond motifs is 3. The van der Waals surface area contributed by atoms with Crippen LogP contribution in [-0.2, 0) is 0 Å². The van der Waals surface area contributed by atoms with Crippen LogP contribution >= 0.6 is 0 Å². The number of nitrogens with zero attached hydrogens (tertiary/aromatic N) is 2. The van der Waals surface area contributed by atoms with E-state index in [-0.39, 0.29) is 0 Å². The number of nitrogens with one attached hydrogen (secondary N) is 1. The van der Waals surface area contributed by atoms with Crippen molar-refractivity contribution in [3.05, 3.63) is 24.4 Å². The van der Waals surface area contributed by atoms with Gasteiger partial charge in [0.15, 0.2) is 11.5 Å². The summed E-state index contributed by atoms with van der Waals surface area (Å²) in [7, 11) is 0. The van der Waals surface area contributed by atoms with Crippen LogP contribution in [0.3, 0.4) is 0 Å². The largest absolute Gasteiger partial charge is 0.439 e. The van der Waals surface area contributed by atoms with Crippen molar-refractivity contribution in [1.29, 1.82) is 0 Å². The fourth-order valence-corrected chi connectivity index (χ4v) is 2.83. The molecule has 1 N–H and O–H groups in total. The summed E-state index contributed by atoms with van der Waals surface area (Å²) in [5, 5.41) is 3.49. The molecular weight excluding hydrogens is 202 g/mol. The molecule has 0 unspecified atom stereocenters. The lowest BCUT2D eigenvalue weighted by molar-refractivity contribution is 0.523. The molecule has 2 aliphatic rings. The Bertz CT molecular complexity index is 503. The Morgan fingerprint density at radius 3 is 3.25 bits per heavy atom. The highest BCUT2D eigenvalue weighted by molar-refractivity contribution is 5.76. The van der Waals surface area contributed by atoms with E-state index in [0.717, 1.165) is 30.1 Å². The van der Waals surface area contributed by atoms with Crippen LogP contribution in [0.2, 0.25) is 0 Å². The van der Waals surface area contributed by atoms with E-state index in [0.29, 0.717) is 12.1 Å². The Morgan fingerprint density at radius 2 is 2.50 bits per heavy atom. The molecule has 2 aromatic rings. The smallest absolute Gasteiger partial charge is 0.198 e. The Labute approximate surface area is 93.2 Å². The van der Waals surface area contributed by atoms with Crippen LogP contribution in [0.25, 0.3) is 11.1 Å². The molecular formula is C12H13N3O. The van der Waals surface area contributed by atoms with E-state index >= 15 is 0 Å². The normalized spacial score (nSPS) is 28.1. The van der Waals surface area contributed by atoms with E-state index in [1.54, 1.807) is 6.20 Å². The van der Waals surface area contributed by atoms with Crippen molar-refractivity contribution in [3.8, 4) is 0 Å². The molecule has 4 heteroatoms. The molecule has 4 heterocycles. The second-order valence-corrected chi connectivity index (χ2v) is 4.62. The molecule has 2 atom stereocenters. The Balaban J connectivity index is 1.76. The number of anilines is 1. The van der Waals surface area contributed by atoms with Gasteiger partial charge in [-0.15, -0.1) is 0 Å². The van der Waals surface area contributed by atoms with E-state index in [1.807, 2.05) is 12.1 Å². The lowest BCUT2D eigenvalue weighted by atomic mass is 10.2.